The maximum absolute atomic E-state index is 8.96. The molecule has 3 N–H and O–H groups in total. The van der Waals surface area contributed by atoms with E-state index in [2.05, 4.69) is 0 Å². The molecule has 1 fully saturated rings. The first kappa shape index (κ1) is 11.0. The Labute approximate surface area is 80.3 Å². The predicted molar refractivity (Wildman–Crippen MR) is 52.4 cm³/mol. The minimum absolute atomic E-state index is 0.207. The Hall–Kier alpha value is -0.120. The Kier molecular flexibility index (Phi) is 3.71. The van der Waals surface area contributed by atoms with Crippen LogP contribution in [0.15, 0.2) is 0 Å². The summed E-state index contributed by atoms with van der Waals surface area (Å²) in [5.74, 6) is 0.909. The van der Waals surface area contributed by atoms with Crippen molar-refractivity contribution in [2.75, 3.05) is 19.8 Å². The van der Waals surface area contributed by atoms with E-state index in [0.717, 1.165) is 26.1 Å². The van der Waals surface area contributed by atoms with Crippen molar-refractivity contribution in [3.63, 3.8) is 0 Å². The van der Waals surface area contributed by atoms with Crippen molar-refractivity contribution in [1.29, 1.82) is 0 Å². The summed E-state index contributed by atoms with van der Waals surface area (Å²) in [7, 11) is 0. The van der Waals surface area contributed by atoms with Crippen molar-refractivity contribution >= 4 is 0 Å². The van der Waals surface area contributed by atoms with Crippen LogP contribution in [0, 0.1) is 11.8 Å². The second kappa shape index (κ2) is 4.40. The zero-order valence-electron chi connectivity index (χ0n) is 8.62. The van der Waals surface area contributed by atoms with Gasteiger partial charge in [0.2, 0.25) is 0 Å². The third kappa shape index (κ3) is 2.93. The van der Waals surface area contributed by atoms with Crippen LogP contribution in [0.3, 0.4) is 0 Å². The number of nitrogens with two attached hydrogens (primary N) is 1. The fraction of sp³-hybridized carbons (Fsp3) is 1.00. The summed E-state index contributed by atoms with van der Waals surface area (Å²) in [6.07, 6.45) is 1.88. The van der Waals surface area contributed by atoms with Gasteiger partial charge in [0.1, 0.15) is 0 Å². The molecule has 78 valence electrons. The standard InChI is InChI=1S/C10H21NO2/c1-10(2,11)9(3-5-12)8-4-6-13-7-8/h8-9,12H,3-7,11H2,1-2H3. The molecule has 0 saturated carbocycles. The molecule has 0 spiro atoms. The molecule has 1 saturated heterocycles. The van der Waals surface area contributed by atoms with E-state index in [0.29, 0.717) is 11.8 Å². The highest BCUT2D eigenvalue weighted by atomic mass is 16.5. The van der Waals surface area contributed by atoms with Crippen molar-refractivity contribution < 1.29 is 9.84 Å². The monoisotopic (exact) mass is 187 g/mol. The summed E-state index contributed by atoms with van der Waals surface area (Å²) in [6, 6.07) is 0. The van der Waals surface area contributed by atoms with E-state index < -0.39 is 0 Å². The van der Waals surface area contributed by atoms with Crippen LogP contribution in [0.25, 0.3) is 0 Å². The normalized spacial score (nSPS) is 26.3. The topological polar surface area (TPSA) is 55.5 Å². The molecule has 1 rings (SSSR count). The molecule has 0 aromatic rings. The highest BCUT2D eigenvalue weighted by Gasteiger charge is 2.34. The molecule has 3 heteroatoms. The van der Waals surface area contributed by atoms with Crippen molar-refractivity contribution in [1.82, 2.24) is 0 Å². The third-order valence-corrected chi connectivity index (χ3v) is 2.93. The van der Waals surface area contributed by atoms with Crippen LogP contribution in [-0.4, -0.2) is 30.5 Å². The molecule has 1 heterocycles. The Morgan fingerprint density at radius 3 is 2.69 bits per heavy atom. The second-order valence-corrected chi connectivity index (χ2v) is 4.56. The highest BCUT2D eigenvalue weighted by Crippen LogP contribution is 2.31. The van der Waals surface area contributed by atoms with Gasteiger partial charge in [-0.05, 0) is 38.5 Å². The maximum Gasteiger partial charge on any atom is 0.0498 e. The summed E-state index contributed by atoms with van der Waals surface area (Å²) in [6.45, 7) is 5.95. The molecule has 13 heavy (non-hydrogen) atoms. The van der Waals surface area contributed by atoms with Gasteiger partial charge in [-0.2, -0.15) is 0 Å². The predicted octanol–water partition coefficient (Wildman–Crippen LogP) is 0.759. The third-order valence-electron chi connectivity index (χ3n) is 2.93. The fourth-order valence-corrected chi connectivity index (χ4v) is 2.22. The van der Waals surface area contributed by atoms with E-state index in [1.165, 1.54) is 0 Å². The Bertz CT molecular complexity index is 147. The molecule has 0 bridgehead atoms. The Morgan fingerprint density at radius 1 is 1.62 bits per heavy atom. The van der Waals surface area contributed by atoms with Crippen LogP contribution < -0.4 is 5.73 Å². The number of ether oxygens (including phenoxy) is 1. The summed E-state index contributed by atoms with van der Waals surface area (Å²) in [5, 5.41) is 8.96. The zero-order chi connectivity index (χ0) is 9.90. The first-order valence-corrected chi connectivity index (χ1v) is 5.03. The molecule has 2 atom stereocenters. The van der Waals surface area contributed by atoms with Gasteiger partial charge in [0, 0.05) is 25.4 Å². The summed E-state index contributed by atoms with van der Waals surface area (Å²) in [5.41, 5.74) is 5.87. The van der Waals surface area contributed by atoms with Crippen molar-refractivity contribution in [3.8, 4) is 0 Å². The second-order valence-electron chi connectivity index (χ2n) is 4.56. The van der Waals surface area contributed by atoms with Gasteiger partial charge >= 0.3 is 0 Å². The van der Waals surface area contributed by atoms with E-state index in [-0.39, 0.29) is 12.1 Å². The lowest BCUT2D eigenvalue weighted by Crippen LogP contribution is -2.45. The smallest absolute Gasteiger partial charge is 0.0498 e. The van der Waals surface area contributed by atoms with Crippen LogP contribution in [0.5, 0.6) is 0 Å². The summed E-state index contributed by atoms with van der Waals surface area (Å²) < 4.78 is 5.34. The molecule has 1 aliphatic heterocycles. The van der Waals surface area contributed by atoms with E-state index in [4.69, 9.17) is 15.6 Å². The molecular weight excluding hydrogens is 166 g/mol. The van der Waals surface area contributed by atoms with Gasteiger partial charge in [-0.1, -0.05) is 0 Å². The minimum atomic E-state index is -0.207. The highest BCUT2D eigenvalue weighted by molar-refractivity contribution is 4.88. The van der Waals surface area contributed by atoms with Crippen LogP contribution >= 0.6 is 0 Å². The number of aliphatic hydroxyl groups is 1. The molecule has 0 aromatic carbocycles. The van der Waals surface area contributed by atoms with Crippen LogP contribution in [0.2, 0.25) is 0 Å². The fourth-order valence-electron chi connectivity index (χ4n) is 2.22. The van der Waals surface area contributed by atoms with Gasteiger partial charge in [0.15, 0.2) is 0 Å². The van der Waals surface area contributed by atoms with E-state index >= 15 is 0 Å². The first-order chi connectivity index (χ1) is 6.05. The molecule has 0 aromatic heterocycles. The lowest BCUT2D eigenvalue weighted by molar-refractivity contribution is 0.128. The molecule has 0 aliphatic carbocycles. The van der Waals surface area contributed by atoms with Crippen molar-refractivity contribution in [2.45, 2.75) is 32.2 Å². The maximum atomic E-state index is 8.96. The lowest BCUT2D eigenvalue weighted by Gasteiger charge is -2.34. The van der Waals surface area contributed by atoms with Crippen molar-refractivity contribution in [3.05, 3.63) is 0 Å². The summed E-state index contributed by atoms with van der Waals surface area (Å²) >= 11 is 0. The average Bonchev–Trinajstić information content (AvgIpc) is 2.49. The minimum Gasteiger partial charge on any atom is -0.396 e. The quantitative estimate of drug-likeness (QED) is 0.683. The largest absolute Gasteiger partial charge is 0.396 e. The van der Waals surface area contributed by atoms with Crippen LogP contribution in [0.4, 0.5) is 0 Å². The van der Waals surface area contributed by atoms with E-state index in [1.54, 1.807) is 0 Å². The number of hydrogen-bond acceptors (Lipinski definition) is 3. The molecule has 0 radical (unpaired) electrons. The first-order valence-electron chi connectivity index (χ1n) is 5.03. The number of rotatable bonds is 4. The SMILES string of the molecule is CC(C)(N)C(CCO)C1CCOC1. The van der Waals surface area contributed by atoms with Gasteiger partial charge in [-0.25, -0.2) is 0 Å². The lowest BCUT2D eigenvalue weighted by atomic mass is 9.76. The van der Waals surface area contributed by atoms with E-state index in [9.17, 15) is 0 Å². The van der Waals surface area contributed by atoms with Crippen LogP contribution in [0.1, 0.15) is 26.7 Å². The van der Waals surface area contributed by atoms with Gasteiger partial charge in [0.05, 0.1) is 0 Å². The van der Waals surface area contributed by atoms with Gasteiger partial charge in [-0.15, -0.1) is 0 Å². The number of hydrogen-bond donors (Lipinski definition) is 2. The van der Waals surface area contributed by atoms with Crippen molar-refractivity contribution in [2.24, 2.45) is 17.6 Å². The number of aliphatic hydroxyl groups excluding tert-OH is 1. The van der Waals surface area contributed by atoms with E-state index in [1.807, 2.05) is 13.8 Å². The average molecular weight is 187 g/mol. The molecule has 2 unspecified atom stereocenters. The molecule has 1 aliphatic rings. The molecule has 3 nitrogen and oxygen atoms in total. The van der Waals surface area contributed by atoms with Gasteiger partial charge < -0.3 is 15.6 Å². The Balaban J connectivity index is 2.55. The molecule has 0 amide bonds. The molecular formula is C10H21NO2. The zero-order valence-corrected chi connectivity index (χ0v) is 8.62. The Morgan fingerprint density at radius 2 is 2.31 bits per heavy atom. The van der Waals surface area contributed by atoms with Gasteiger partial charge in [-0.3, -0.25) is 0 Å². The summed E-state index contributed by atoms with van der Waals surface area (Å²) in [4.78, 5) is 0. The van der Waals surface area contributed by atoms with Crippen LogP contribution in [-0.2, 0) is 4.74 Å². The van der Waals surface area contributed by atoms with Gasteiger partial charge in [0.25, 0.3) is 0 Å².